The van der Waals surface area contributed by atoms with Gasteiger partial charge in [-0.1, -0.05) is 12.1 Å². The van der Waals surface area contributed by atoms with E-state index in [4.69, 9.17) is 4.74 Å². The fourth-order valence-electron chi connectivity index (χ4n) is 2.55. The van der Waals surface area contributed by atoms with Crippen LogP contribution < -0.4 is 4.74 Å². The first-order valence-electron chi connectivity index (χ1n) is 7.39. The van der Waals surface area contributed by atoms with E-state index in [1.165, 1.54) is 0 Å². The van der Waals surface area contributed by atoms with Crippen LogP contribution in [0.25, 0.3) is 0 Å². The molecule has 23 heavy (non-hydrogen) atoms. The third kappa shape index (κ3) is 3.58. The zero-order valence-corrected chi connectivity index (χ0v) is 13.2. The van der Waals surface area contributed by atoms with Gasteiger partial charge in [-0.2, -0.15) is 5.26 Å². The molecule has 3 rings (SSSR count). The van der Waals surface area contributed by atoms with Gasteiger partial charge in [-0.05, 0) is 54.8 Å². The Labute approximate surface area is 135 Å². The van der Waals surface area contributed by atoms with Crippen LogP contribution >= 0.6 is 0 Å². The summed E-state index contributed by atoms with van der Waals surface area (Å²) in [6, 6.07) is 13.9. The van der Waals surface area contributed by atoms with Crippen molar-refractivity contribution < 1.29 is 4.74 Å². The van der Waals surface area contributed by atoms with E-state index >= 15 is 0 Å². The monoisotopic (exact) mass is 303 g/mol. The van der Waals surface area contributed by atoms with Gasteiger partial charge in [0.05, 0.1) is 11.9 Å². The second-order valence-electron chi connectivity index (χ2n) is 5.60. The Morgan fingerprint density at radius 3 is 2.57 bits per heavy atom. The van der Waals surface area contributed by atoms with E-state index in [1.54, 1.807) is 18.6 Å². The molecule has 0 saturated heterocycles. The molecule has 3 aromatic rings. The number of ether oxygens (including phenoxy) is 1. The first-order chi connectivity index (χ1) is 11.1. The van der Waals surface area contributed by atoms with Crippen molar-refractivity contribution in [3.8, 4) is 17.6 Å². The molecule has 0 N–H and O–H groups in total. The Balaban J connectivity index is 1.91. The van der Waals surface area contributed by atoms with Gasteiger partial charge in [-0.15, -0.1) is 0 Å². The molecular weight excluding hydrogens is 286 g/mol. The molecule has 1 heterocycles. The van der Waals surface area contributed by atoms with Crippen LogP contribution in [0.15, 0.2) is 55.1 Å². The van der Waals surface area contributed by atoms with Crippen LogP contribution in [0, 0.1) is 25.2 Å². The molecule has 0 fully saturated rings. The molecule has 0 saturated carbocycles. The Kier molecular flexibility index (Phi) is 4.11. The largest absolute Gasteiger partial charge is 0.456 e. The summed E-state index contributed by atoms with van der Waals surface area (Å²) < 4.78 is 7.95. The molecule has 0 aliphatic rings. The molecule has 0 atom stereocenters. The summed E-state index contributed by atoms with van der Waals surface area (Å²) >= 11 is 0. The lowest BCUT2D eigenvalue weighted by molar-refractivity contribution is 0.479. The number of hydrogen-bond acceptors (Lipinski definition) is 3. The minimum Gasteiger partial charge on any atom is -0.456 e. The van der Waals surface area contributed by atoms with Gasteiger partial charge in [0.25, 0.3) is 0 Å². The maximum absolute atomic E-state index is 9.31. The summed E-state index contributed by atoms with van der Waals surface area (Å²) in [5.74, 6) is 1.33. The highest BCUT2D eigenvalue weighted by atomic mass is 16.5. The number of imidazole rings is 1. The van der Waals surface area contributed by atoms with Crippen LogP contribution in [-0.4, -0.2) is 9.55 Å². The number of nitriles is 1. The van der Waals surface area contributed by atoms with Gasteiger partial charge in [0.1, 0.15) is 17.6 Å². The molecule has 4 heteroatoms. The van der Waals surface area contributed by atoms with Gasteiger partial charge in [-0.3, -0.25) is 0 Å². The molecular formula is C19H17N3O. The third-order valence-corrected chi connectivity index (χ3v) is 3.51. The van der Waals surface area contributed by atoms with Crippen LogP contribution in [0.1, 0.15) is 22.3 Å². The Morgan fingerprint density at radius 2 is 1.91 bits per heavy atom. The summed E-state index contributed by atoms with van der Waals surface area (Å²) in [4.78, 5) is 4.04. The van der Waals surface area contributed by atoms with Crippen molar-refractivity contribution in [1.29, 1.82) is 5.26 Å². The number of aryl methyl sites for hydroxylation is 2. The van der Waals surface area contributed by atoms with Gasteiger partial charge < -0.3 is 9.30 Å². The maximum Gasteiger partial charge on any atom is 0.145 e. The maximum atomic E-state index is 9.31. The van der Waals surface area contributed by atoms with Crippen molar-refractivity contribution in [1.82, 2.24) is 9.55 Å². The number of rotatable bonds is 4. The summed E-state index contributed by atoms with van der Waals surface area (Å²) in [5, 5.41) is 9.31. The quantitative estimate of drug-likeness (QED) is 0.725. The van der Waals surface area contributed by atoms with E-state index in [2.05, 4.69) is 17.1 Å². The fraction of sp³-hybridized carbons (Fsp3) is 0.158. The topological polar surface area (TPSA) is 50.8 Å². The van der Waals surface area contributed by atoms with E-state index in [-0.39, 0.29) is 0 Å². The Bertz CT molecular complexity index is 841. The standard InChI is InChI=1S/C19H17N3O/c1-14-7-15(2)9-18(8-14)23-19-10-16(3-4-17(19)11-20)12-22-6-5-21-13-22/h3-10,13H,12H2,1-2H3. The van der Waals surface area contributed by atoms with Crippen molar-refractivity contribution in [3.63, 3.8) is 0 Å². The van der Waals surface area contributed by atoms with Gasteiger partial charge in [0.15, 0.2) is 0 Å². The molecule has 114 valence electrons. The highest BCUT2D eigenvalue weighted by Crippen LogP contribution is 2.28. The summed E-state index contributed by atoms with van der Waals surface area (Å²) in [7, 11) is 0. The highest BCUT2D eigenvalue weighted by molar-refractivity contribution is 5.48. The molecule has 0 unspecified atom stereocenters. The number of hydrogen-bond donors (Lipinski definition) is 0. The van der Waals surface area contributed by atoms with Crippen LogP contribution in [0.5, 0.6) is 11.5 Å². The molecule has 0 radical (unpaired) electrons. The first-order valence-corrected chi connectivity index (χ1v) is 7.39. The van der Waals surface area contributed by atoms with Crippen molar-refractivity contribution >= 4 is 0 Å². The molecule has 4 nitrogen and oxygen atoms in total. The number of nitrogens with zero attached hydrogens (tertiary/aromatic N) is 3. The molecule has 1 aromatic heterocycles. The van der Waals surface area contributed by atoms with E-state index in [9.17, 15) is 5.26 Å². The molecule has 0 amide bonds. The highest BCUT2D eigenvalue weighted by Gasteiger charge is 2.08. The van der Waals surface area contributed by atoms with Gasteiger partial charge in [0, 0.05) is 18.9 Å². The third-order valence-electron chi connectivity index (χ3n) is 3.51. The first kappa shape index (κ1) is 14.9. The smallest absolute Gasteiger partial charge is 0.145 e. The average Bonchev–Trinajstić information content (AvgIpc) is 2.99. The lowest BCUT2D eigenvalue weighted by Gasteiger charge is -2.11. The van der Waals surface area contributed by atoms with E-state index in [0.717, 1.165) is 22.4 Å². The van der Waals surface area contributed by atoms with Crippen molar-refractivity contribution in [3.05, 3.63) is 77.4 Å². The van der Waals surface area contributed by atoms with Gasteiger partial charge in [-0.25, -0.2) is 4.98 Å². The fourth-order valence-corrected chi connectivity index (χ4v) is 2.55. The summed E-state index contributed by atoms with van der Waals surface area (Å²) in [6.45, 7) is 4.75. The van der Waals surface area contributed by atoms with Crippen molar-refractivity contribution in [2.45, 2.75) is 20.4 Å². The van der Waals surface area contributed by atoms with E-state index in [0.29, 0.717) is 17.9 Å². The van der Waals surface area contributed by atoms with Crippen LogP contribution in [0.4, 0.5) is 0 Å². The van der Waals surface area contributed by atoms with Crippen molar-refractivity contribution in [2.75, 3.05) is 0 Å². The molecule has 0 aliphatic carbocycles. The Hall–Kier alpha value is -3.06. The molecule has 0 bridgehead atoms. The van der Waals surface area contributed by atoms with Gasteiger partial charge in [0.2, 0.25) is 0 Å². The Morgan fingerprint density at radius 1 is 1.13 bits per heavy atom. The summed E-state index contributed by atoms with van der Waals surface area (Å²) in [5.41, 5.74) is 3.85. The second kappa shape index (κ2) is 6.37. The summed E-state index contributed by atoms with van der Waals surface area (Å²) in [6.07, 6.45) is 5.42. The van der Waals surface area contributed by atoms with Crippen LogP contribution in [0.2, 0.25) is 0 Å². The van der Waals surface area contributed by atoms with E-state index in [1.807, 2.05) is 48.9 Å². The lowest BCUT2D eigenvalue weighted by atomic mass is 10.1. The van der Waals surface area contributed by atoms with Crippen molar-refractivity contribution in [2.24, 2.45) is 0 Å². The van der Waals surface area contributed by atoms with Gasteiger partial charge >= 0.3 is 0 Å². The molecule has 0 aliphatic heterocycles. The minimum atomic E-state index is 0.526. The predicted octanol–water partition coefficient (Wildman–Crippen LogP) is 4.21. The molecule has 2 aromatic carbocycles. The second-order valence-corrected chi connectivity index (χ2v) is 5.60. The average molecular weight is 303 g/mol. The lowest BCUT2D eigenvalue weighted by Crippen LogP contribution is -1.98. The predicted molar refractivity (Wildman–Crippen MR) is 88.5 cm³/mol. The molecule has 0 spiro atoms. The van der Waals surface area contributed by atoms with E-state index < -0.39 is 0 Å². The van der Waals surface area contributed by atoms with Crippen LogP contribution in [0.3, 0.4) is 0 Å². The minimum absolute atomic E-state index is 0.526. The zero-order valence-electron chi connectivity index (χ0n) is 13.2. The number of benzene rings is 2. The van der Waals surface area contributed by atoms with Crippen LogP contribution in [-0.2, 0) is 6.54 Å². The normalized spacial score (nSPS) is 10.3. The number of aromatic nitrogens is 2. The zero-order chi connectivity index (χ0) is 16.2. The SMILES string of the molecule is Cc1cc(C)cc(Oc2cc(Cn3ccnc3)ccc2C#N)c1.